The summed E-state index contributed by atoms with van der Waals surface area (Å²) >= 11 is 0. The standard InChI is InChI=1S/C13H27P/c1-8-11(2)9-12(3)10-13(4)14(5,6)7/h11,14H,3-4,8-10H2,1-2,5-7H3/t11-/m0/s1. The molecule has 0 bridgehead atoms. The van der Waals surface area contributed by atoms with Crippen LogP contribution in [-0.4, -0.2) is 20.0 Å². The molecule has 0 aliphatic heterocycles. The van der Waals surface area contributed by atoms with E-state index in [-0.39, 0.29) is 0 Å². The summed E-state index contributed by atoms with van der Waals surface area (Å²) in [5.41, 5.74) is 1.37. The van der Waals surface area contributed by atoms with Crippen LogP contribution in [0.1, 0.15) is 33.1 Å². The SMILES string of the molecule is C=C(CC(=C)[PH](C)(C)C)C[C@@H](C)CC. The summed E-state index contributed by atoms with van der Waals surface area (Å²) in [4.78, 5) is 0. The second kappa shape index (κ2) is 5.71. The van der Waals surface area contributed by atoms with Crippen molar-refractivity contribution in [3.8, 4) is 0 Å². The van der Waals surface area contributed by atoms with Gasteiger partial charge in [-0.15, -0.1) is 0 Å². The van der Waals surface area contributed by atoms with Gasteiger partial charge in [0, 0.05) is 0 Å². The van der Waals surface area contributed by atoms with Crippen molar-refractivity contribution in [3.05, 3.63) is 24.0 Å². The summed E-state index contributed by atoms with van der Waals surface area (Å²) in [6.07, 6.45) is 3.47. The van der Waals surface area contributed by atoms with Crippen molar-refractivity contribution >= 4 is 7.26 Å². The molecule has 0 heterocycles. The molecule has 0 amide bonds. The van der Waals surface area contributed by atoms with E-state index < -0.39 is 7.26 Å². The van der Waals surface area contributed by atoms with Crippen LogP contribution < -0.4 is 0 Å². The van der Waals surface area contributed by atoms with Gasteiger partial charge in [0.05, 0.1) is 0 Å². The van der Waals surface area contributed by atoms with E-state index in [1.54, 1.807) is 0 Å². The van der Waals surface area contributed by atoms with Gasteiger partial charge < -0.3 is 0 Å². The third kappa shape index (κ3) is 5.60. The first-order chi connectivity index (χ1) is 6.27. The molecule has 0 aliphatic rings. The van der Waals surface area contributed by atoms with E-state index in [9.17, 15) is 0 Å². The Morgan fingerprint density at radius 3 is 2.07 bits per heavy atom. The molecule has 1 heteroatoms. The van der Waals surface area contributed by atoms with Crippen LogP contribution in [0.15, 0.2) is 24.0 Å². The van der Waals surface area contributed by atoms with Crippen molar-refractivity contribution in [1.29, 1.82) is 0 Å². The number of hydrogen-bond donors (Lipinski definition) is 0. The molecule has 0 radical (unpaired) electrons. The van der Waals surface area contributed by atoms with E-state index >= 15 is 0 Å². The maximum atomic E-state index is 4.20. The Bertz CT molecular complexity index is 208. The van der Waals surface area contributed by atoms with Crippen LogP contribution in [-0.2, 0) is 0 Å². The maximum absolute atomic E-state index is 4.20. The fraction of sp³-hybridized carbons (Fsp3) is 0.692. The first kappa shape index (κ1) is 13.9. The average molecular weight is 214 g/mol. The van der Waals surface area contributed by atoms with Crippen LogP contribution in [0.5, 0.6) is 0 Å². The van der Waals surface area contributed by atoms with Crippen LogP contribution in [0.4, 0.5) is 0 Å². The molecular formula is C13H27P. The summed E-state index contributed by atoms with van der Waals surface area (Å²) in [6, 6.07) is 0. The van der Waals surface area contributed by atoms with Crippen molar-refractivity contribution in [2.45, 2.75) is 33.1 Å². The molecule has 0 unspecified atom stereocenters. The van der Waals surface area contributed by atoms with Gasteiger partial charge in [0.25, 0.3) is 0 Å². The Hall–Kier alpha value is -0.0900. The van der Waals surface area contributed by atoms with E-state index in [1.165, 1.54) is 23.7 Å². The Morgan fingerprint density at radius 1 is 1.21 bits per heavy atom. The first-order valence-corrected chi connectivity index (χ1v) is 9.12. The molecule has 14 heavy (non-hydrogen) atoms. The normalized spacial score (nSPS) is 14.9. The van der Waals surface area contributed by atoms with Crippen molar-refractivity contribution in [3.63, 3.8) is 0 Å². The monoisotopic (exact) mass is 214 g/mol. The summed E-state index contributed by atoms with van der Waals surface area (Å²) in [5, 5.41) is 1.44. The second-order valence-electron chi connectivity index (χ2n) is 5.50. The van der Waals surface area contributed by atoms with E-state index in [1.807, 2.05) is 0 Å². The predicted octanol–water partition coefficient (Wildman–Crippen LogP) is 4.52. The molecule has 0 aromatic carbocycles. The Morgan fingerprint density at radius 2 is 1.71 bits per heavy atom. The Kier molecular flexibility index (Phi) is 5.67. The molecule has 0 N–H and O–H groups in total. The molecule has 0 aromatic rings. The van der Waals surface area contributed by atoms with E-state index in [4.69, 9.17) is 0 Å². The van der Waals surface area contributed by atoms with E-state index in [0.29, 0.717) is 0 Å². The molecule has 1 atom stereocenters. The van der Waals surface area contributed by atoms with Crippen LogP contribution in [0.2, 0.25) is 0 Å². The summed E-state index contributed by atoms with van der Waals surface area (Å²) in [5.74, 6) is 0.775. The first-order valence-electron chi connectivity index (χ1n) is 5.62. The summed E-state index contributed by atoms with van der Waals surface area (Å²) in [7, 11) is -1.14. The van der Waals surface area contributed by atoms with Gasteiger partial charge in [-0.3, -0.25) is 0 Å². The minimum absolute atomic E-state index is 0.775. The molecule has 0 aromatic heterocycles. The number of allylic oxidation sites excluding steroid dienone is 2. The molecular weight excluding hydrogens is 187 g/mol. The van der Waals surface area contributed by atoms with Crippen LogP contribution in [0.3, 0.4) is 0 Å². The molecule has 84 valence electrons. The zero-order valence-corrected chi connectivity index (χ0v) is 11.6. The fourth-order valence-corrected chi connectivity index (χ4v) is 2.06. The zero-order chi connectivity index (χ0) is 11.4. The van der Waals surface area contributed by atoms with Crippen molar-refractivity contribution in [2.24, 2.45) is 5.92 Å². The quantitative estimate of drug-likeness (QED) is 0.450. The summed E-state index contributed by atoms with van der Waals surface area (Å²) < 4.78 is 0. The van der Waals surface area contributed by atoms with Gasteiger partial charge in [-0.1, -0.05) is 0 Å². The van der Waals surface area contributed by atoms with E-state index in [2.05, 4.69) is 47.0 Å². The van der Waals surface area contributed by atoms with Crippen molar-refractivity contribution in [1.82, 2.24) is 0 Å². The van der Waals surface area contributed by atoms with Gasteiger partial charge in [0.1, 0.15) is 0 Å². The second-order valence-corrected chi connectivity index (χ2v) is 10.7. The van der Waals surface area contributed by atoms with Gasteiger partial charge in [-0.25, -0.2) is 0 Å². The summed E-state index contributed by atoms with van der Waals surface area (Å²) in [6.45, 7) is 20.0. The third-order valence-corrected chi connectivity index (χ3v) is 5.16. The molecule has 0 fully saturated rings. The zero-order valence-electron chi connectivity index (χ0n) is 10.6. The Balaban J connectivity index is 4.02. The molecule has 0 spiro atoms. The molecule has 0 saturated heterocycles. The van der Waals surface area contributed by atoms with Crippen LogP contribution >= 0.6 is 7.26 Å². The van der Waals surface area contributed by atoms with Crippen LogP contribution in [0, 0.1) is 5.92 Å². The third-order valence-electron chi connectivity index (χ3n) is 2.86. The van der Waals surface area contributed by atoms with E-state index in [0.717, 1.165) is 12.3 Å². The number of rotatable bonds is 6. The van der Waals surface area contributed by atoms with Crippen molar-refractivity contribution < 1.29 is 0 Å². The van der Waals surface area contributed by atoms with Crippen LogP contribution in [0.25, 0.3) is 0 Å². The van der Waals surface area contributed by atoms with Crippen molar-refractivity contribution in [2.75, 3.05) is 20.0 Å². The number of hydrogen-bond acceptors (Lipinski definition) is 0. The van der Waals surface area contributed by atoms with Gasteiger partial charge in [-0.05, 0) is 0 Å². The topological polar surface area (TPSA) is 0 Å². The minimum atomic E-state index is -1.14. The molecule has 0 nitrogen and oxygen atoms in total. The Labute approximate surface area is 90.8 Å². The average Bonchev–Trinajstić information content (AvgIpc) is 2.02. The predicted molar refractivity (Wildman–Crippen MR) is 73.1 cm³/mol. The van der Waals surface area contributed by atoms with Gasteiger partial charge in [0.2, 0.25) is 0 Å². The molecule has 0 aliphatic carbocycles. The van der Waals surface area contributed by atoms with Gasteiger partial charge >= 0.3 is 90.3 Å². The van der Waals surface area contributed by atoms with Gasteiger partial charge in [0.15, 0.2) is 0 Å². The van der Waals surface area contributed by atoms with Gasteiger partial charge in [-0.2, -0.15) is 0 Å². The fourth-order valence-electron chi connectivity index (χ4n) is 1.28. The molecule has 0 rings (SSSR count). The molecule has 0 saturated carbocycles.